The summed E-state index contributed by atoms with van der Waals surface area (Å²) in [5.41, 5.74) is 13.0. The summed E-state index contributed by atoms with van der Waals surface area (Å²) in [7, 11) is 0. The highest BCUT2D eigenvalue weighted by molar-refractivity contribution is 6.25. The molecular formula is C51H30. The summed E-state index contributed by atoms with van der Waals surface area (Å²) in [6.45, 7) is 0. The van der Waals surface area contributed by atoms with E-state index in [-0.39, 0.29) is 0 Å². The van der Waals surface area contributed by atoms with Gasteiger partial charge in [-0.15, -0.1) is 0 Å². The zero-order valence-electron chi connectivity index (χ0n) is 27.8. The smallest absolute Gasteiger partial charge is 0.0619 e. The SMILES string of the molecule is c1ccc2c(c1)-c1ccccc1C21c2cc3ccccc3cc2-c2ccc3cc(-c4ccc5c6ccccc6c6ccccc6c5c4)ccc3c21. The normalized spacial score (nSPS) is 13.6. The molecule has 0 heteroatoms. The van der Waals surface area contributed by atoms with Crippen LogP contribution in [0.1, 0.15) is 22.3 Å². The number of rotatable bonds is 1. The first-order valence-electron chi connectivity index (χ1n) is 17.9. The first-order chi connectivity index (χ1) is 25.3. The molecule has 0 bridgehead atoms. The molecule has 0 heterocycles. The number of hydrogen-bond donors (Lipinski definition) is 0. The molecule has 0 nitrogen and oxygen atoms in total. The quantitative estimate of drug-likeness (QED) is 0.156. The van der Waals surface area contributed by atoms with Crippen molar-refractivity contribution < 1.29 is 0 Å². The predicted octanol–water partition coefficient (Wildman–Crippen LogP) is 13.5. The Labute approximate surface area is 295 Å². The van der Waals surface area contributed by atoms with Crippen molar-refractivity contribution in [3.63, 3.8) is 0 Å². The van der Waals surface area contributed by atoms with Crippen molar-refractivity contribution >= 4 is 53.9 Å². The Morgan fingerprint density at radius 3 is 1.43 bits per heavy atom. The van der Waals surface area contributed by atoms with E-state index < -0.39 is 5.41 Å². The monoisotopic (exact) mass is 642 g/mol. The molecule has 0 saturated heterocycles. The Balaban J connectivity index is 1.14. The Kier molecular flexibility index (Phi) is 5.26. The summed E-state index contributed by atoms with van der Waals surface area (Å²) in [5.74, 6) is 0. The van der Waals surface area contributed by atoms with Crippen molar-refractivity contribution in [1.29, 1.82) is 0 Å². The molecule has 0 saturated carbocycles. The van der Waals surface area contributed by atoms with Gasteiger partial charge >= 0.3 is 0 Å². The van der Waals surface area contributed by atoms with Gasteiger partial charge in [-0.05, 0) is 134 Å². The zero-order valence-corrected chi connectivity index (χ0v) is 27.8. The summed E-state index contributed by atoms with van der Waals surface area (Å²) in [6.07, 6.45) is 0. The van der Waals surface area contributed by atoms with Gasteiger partial charge < -0.3 is 0 Å². The molecule has 0 amide bonds. The topological polar surface area (TPSA) is 0 Å². The van der Waals surface area contributed by atoms with E-state index in [2.05, 4.69) is 182 Å². The van der Waals surface area contributed by atoms with Crippen LogP contribution >= 0.6 is 0 Å². The fourth-order valence-corrected chi connectivity index (χ4v) is 9.93. The van der Waals surface area contributed by atoms with Crippen LogP contribution in [-0.2, 0) is 5.41 Å². The molecule has 2 aliphatic rings. The van der Waals surface area contributed by atoms with Crippen LogP contribution in [0.3, 0.4) is 0 Å². The maximum atomic E-state index is 2.48. The fraction of sp³-hybridized carbons (Fsp3) is 0.0196. The van der Waals surface area contributed by atoms with E-state index in [0.717, 1.165) is 0 Å². The van der Waals surface area contributed by atoms with Gasteiger partial charge in [-0.2, -0.15) is 0 Å². The summed E-state index contributed by atoms with van der Waals surface area (Å²) >= 11 is 0. The second kappa shape index (κ2) is 9.81. The van der Waals surface area contributed by atoms with Gasteiger partial charge in [0, 0.05) is 0 Å². The van der Waals surface area contributed by atoms with Crippen LogP contribution in [-0.4, -0.2) is 0 Å². The molecule has 0 fully saturated rings. The highest BCUT2D eigenvalue weighted by Crippen LogP contribution is 2.64. The van der Waals surface area contributed by atoms with E-state index >= 15 is 0 Å². The molecule has 234 valence electrons. The van der Waals surface area contributed by atoms with Gasteiger partial charge in [-0.25, -0.2) is 0 Å². The molecule has 0 unspecified atom stereocenters. The third-order valence-electron chi connectivity index (χ3n) is 12.0. The molecule has 0 aromatic heterocycles. The molecular weight excluding hydrogens is 613 g/mol. The third kappa shape index (κ3) is 3.44. The lowest BCUT2D eigenvalue weighted by Gasteiger charge is -2.31. The average molecular weight is 643 g/mol. The number of fused-ring (bicyclic) bond motifs is 19. The second-order valence-electron chi connectivity index (χ2n) is 14.4. The lowest BCUT2D eigenvalue weighted by Crippen LogP contribution is -2.26. The summed E-state index contributed by atoms with van der Waals surface area (Å²) in [4.78, 5) is 0. The largest absolute Gasteiger partial charge is 0.0731 e. The first kappa shape index (κ1) is 27.3. The molecule has 0 aliphatic heterocycles. The molecule has 0 radical (unpaired) electrons. The van der Waals surface area contributed by atoms with Crippen molar-refractivity contribution in [1.82, 2.24) is 0 Å². The van der Waals surface area contributed by atoms with E-state index in [1.807, 2.05) is 0 Å². The summed E-state index contributed by atoms with van der Waals surface area (Å²) < 4.78 is 0. The van der Waals surface area contributed by atoms with Crippen molar-refractivity contribution in [3.05, 3.63) is 204 Å². The van der Waals surface area contributed by atoms with Gasteiger partial charge in [0.25, 0.3) is 0 Å². The Morgan fingerprint density at radius 2 is 0.765 bits per heavy atom. The van der Waals surface area contributed by atoms with Gasteiger partial charge in [0.15, 0.2) is 0 Å². The maximum Gasteiger partial charge on any atom is 0.0731 e. The lowest BCUT2D eigenvalue weighted by molar-refractivity contribution is 0.802. The van der Waals surface area contributed by atoms with Gasteiger partial charge in [0.2, 0.25) is 0 Å². The minimum Gasteiger partial charge on any atom is -0.0619 e. The van der Waals surface area contributed by atoms with E-state index in [1.54, 1.807) is 0 Å². The van der Waals surface area contributed by atoms with Crippen LogP contribution in [0.15, 0.2) is 182 Å². The van der Waals surface area contributed by atoms with Crippen LogP contribution < -0.4 is 0 Å². The highest BCUT2D eigenvalue weighted by atomic mass is 14.5. The average Bonchev–Trinajstić information content (AvgIpc) is 3.66. The molecule has 10 aromatic carbocycles. The molecule has 1 spiro atoms. The molecule has 10 aromatic rings. The summed E-state index contributed by atoms with van der Waals surface area (Å²) in [6, 6.07) is 68.6. The third-order valence-corrected chi connectivity index (χ3v) is 12.0. The van der Waals surface area contributed by atoms with Crippen LogP contribution in [0.5, 0.6) is 0 Å². The van der Waals surface area contributed by atoms with Gasteiger partial charge in [-0.1, -0.05) is 158 Å². The Bertz CT molecular complexity index is 3060. The number of benzene rings is 10. The standard InChI is InChI=1S/C51H30/c1-2-12-32-30-49-46(29-31(32)11-1)44-26-23-35-27-33(34-22-25-41-39-15-4-3-13-37(39)38-14-5-6-16-40(38)45(41)28-34)21-24-36(35)50(44)51(49)47-19-9-7-17-42(47)43-18-8-10-20-48(43)51/h1-30H. The second-order valence-corrected chi connectivity index (χ2v) is 14.4. The van der Waals surface area contributed by atoms with Crippen molar-refractivity contribution in [2.75, 3.05) is 0 Å². The molecule has 51 heavy (non-hydrogen) atoms. The van der Waals surface area contributed by atoms with Crippen LogP contribution in [0.4, 0.5) is 0 Å². The van der Waals surface area contributed by atoms with E-state index in [9.17, 15) is 0 Å². The Hall–Kier alpha value is -6.50. The fourth-order valence-electron chi connectivity index (χ4n) is 9.93. The van der Waals surface area contributed by atoms with E-state index in [4.69, 9.17) is 0 Å². The van der Waals surface area contributed by atoms with Crippen LogP contribution in [0, 0.1) is 0 Å². The lowest BCUT2D eigenvalue weighted by atomic mass is 9.69. The van der Waals surface area contributed by atoms with E-state index in [1.165, 1.54) is 109 Å². The molecule has 2 aliphatic carbocycles. The molecule has 12 rings (SSSR count). The van der Waals surface area contributed by atoms with Crippen LogP contribution in [0.2, 0.25) is 0 Å². The van der Waals surface area contributed by atoms with E-state index in [0.29, 0.717) is 0 Å². The van der Waals surface area contributed by atoms with Gasteiger partial charge in [-0.3, -0.25) is 0 Å². The molecule has 0 atom stereocenters. The maximum absolute atomic E-state index is 2.48. The Morgan fingerprint density at radius 1 is 0.255 bits per heavy atom. The van der Waals surface area contributed by atoms with Gasteiger partial charge in [0.1, 0.15) is 0 Å². The van der Waals surface area contributed by atoms with Gasteiger partial charge in [0.05, 0.1) is 5.41 Å². The summed E-state index contributed by atoms with van der Waals surface area (Å²) in [5, 5.41) is 13.0. The first-order valence-corrected chi connectivity index (χ1v) is 17.9. The van der Waals surface area contributed by atoms with Crippen LogP contribution in [0.25, 0.3) is 87.2 Å². The van der Waals surface area contributed by atoms with Crippen molar-refractivity contribution in [3.8, 4) is 33.4 Å². The minimum absolute atomic E-state index is 0.397. The zero-order chi connectivity index (χ0) is 33.3. The predicted molar refractivity (Wildman–Crippen MR) is 216 cm³/mol. The molecule has 0 N–H and O–H groups in total. The van der Waals surface area contributed by atoms with Crippen molar-refractivity contribution in [2.45, 2.75) is 5.41 Å². The minimum atomic E-state index is -0.397. The van der Waals surface area contributed by atoms with Crippen molar-refractivity contribution in [2.24, 2.45) is 0 Å². The highest BCUT2D eigenvalue weighted by Gasteiger charge is 2.52. The number of hydrogen-bond acceptors (Lipinski definition) is 0.